The number of benzene rings is 1. The molecule has 3 rings (SSSR count). The fraction of sp³-hybridized carbons (Fsp3) is 0.350. The van der Waals surface area contributed by atoms with Crippen molar-refractivity contribution in [1.29, 1.82) is 0 Å². The van der Waals surface area contributed by atoms with Crippen LogP contribution in [0.5, 0.6) is 0 Å². The average molecular weight is 386 g/mol. The molecule has 0 fully saturated rings. The first-order valence-electron chi connectivity index (χ1n) is 8.64. The predicted octanol–water partition coefficient (Wildman–Crippen LogP) is 5.24. The largest absolute Gasteiger partial charge is 0.302 e. The molecule has 1 aromatic carbocycles. The second-order valence-electron chi connectivity index (χ2n) is 6.36. The van der Waals surface area contributed by atoms with Gasteiger partial charge in [0.15, 0.2) is 16.8 Å². The van der Waals surface area contributed by atoms with Gasteiger partial charge < -0.3 is 4.57 Å². The number of thiophene rings is 1. The Morgan fingerprint density at radius 3 is 2.58 bits per heavy atom. The van der Waals surface area contributed by atoms with Crippen LogP contribution in [-0.4, -0.2) is 26.3 Å². The van der Waals surface area contributed by atoms with Crippen LogP contribution in [0.15, 0.2) is 28.7 Å². The van der Waals surface area contributed by atoms with E-state index in [1.165, 1.54) is 22.9 Å². The van der Waals surface area contributed by atoms with Gasteiger partial charge in [-0.1, -0.05) is 17.8 Å². The van der Waals surface area contributed by atoms with Crippen LogP contribution in [0.25, 0.3) is 10.7 Å². The molecule has 0 bridgehead atoms. The number of ketones is 1. The molecule has 4 nitrogen and oxygen atoms in total. The highest BCUT2D eigenvalue weighted by Gasteiger charge is 2.18. The van der Waals surface area contributed by atoms with Gasteiger partial charge in [0.05, 0.1) is 10.6 Å². The Bertz CT molecular complexity index is 943. The van der Waals surface area contributed by atoms with Gasteiger partial charge in [-0.15, -0.1) is 21.5 Å². The minimum absolute atomic E-state index is 0.141. The molecule has 0 saturated heterocycles. The minimum atomic E-state index is 0.141. The normalized spacial score (nSPS) is 11.1. The van der Waals surface area contributed by atoms with Gasteiger partial charge in [0.1, 0.15) is 0 Å². The number of thioether (sulfide) groups is 1. The number of hydrogen-bond acceptors (Lipinski definition) is 5. The Hall–Kier alpha value is -1.92. The zero-order valence-electron chi connectivity index (χ0n) is 15.8. The Labute approximate surface area is 162 Å². The summed E-state index contributed by atoms with van der Waals surface area (Å²) in [6.07, 6.45) is 0. The van der Waals surface area contributed by atoms with Gasteiger partial charge in [-0.05, 0) is 74.4 Å². The number of carbonyl (C=O) groups excluding carboxylic acids is 1. The van der Waals surface area contributed by atoms with E-state index < -0.39 is 0 Å². The third kappa shape index (κ3) is 3.48. The number of rotatable bonds is 6. The van der Waals surface area contributed by atoms with Gasteiger partial charge in [0, 0.05) is 12.1 Å². The van der Waals surface area contributed by atoms with Crippen LogP contribution < -0.4 is 0 Å². The van der Waals surface area contributed by atoms with Crippen molar-refractivity contribution in [3.63, 3.8) is 0 Å². The van der Waals surface area contributed by atoms with Crippen LogP contribution in [0, 0.1) is 27.7 Å². The summed E-state index contributed by atoms with van der Waals surface area (Å²) in [5, 5.41) is 11.5. The van der Waals surface area contributed by atoms with Crippen molar-refractivity contribution in [2.45, 2.75) is 46.3 Å². The maximum Gasteiger partial charge on any atom is 0.191 e. The number of aromatic nitrogens is 3. The number of carbonyl (C=O) groups is 1. The van der Waals surface area contributed by atoms with E-state index in [1.807, 2.05) is 30.5 Å². The maximum atomic E-state index is 12.8. The van der Waals surface area contributed by atoms with Crippen molar-refractivity contribution in [2.75, 3.05) is 5.75 Å². The minimum Gasteiger partial charge on any atom is -0.302 e. The molecule has 136 valence electrons. The zero-order valence-corrected chi connectivity index (χ0v) is 17.4. The zero-order chi connectivity index (χ0) is 18.8. The molecule has 6 heteroatoms. The highest BCUT2D eigenvalue weighted by molar-refractivity contribution is 7.99. The molecule has 0 aliphatic carbocycles. The third-order valence-corrected chi connectivity index (χ3v) is 6.72. The van der Waals surface area contributed by atoms with Gasteiger partial charge in [0.2, 0.25) is 0 Å². The van der Waals surface area contributed by atoms with E-state index in [2.05, 4.69) is 42.5 Å². The Morgan fingerprint density at radius 2 is 1.92 bits per heavy atom. The highest BCUT2D eigenvalue weighted by atomic mass is 32.2. The van der Waals surface area contributed by atoms with Crippen molar-refractivity contribution < 1.29 is 4.79 Å². The molecule has 0 saturated carbocycles. The molecule has 26 heavy (non-hydrogen) atoms. The van der Waals surface area contributed by atoms with Crippen LogP contribution in [0.1, 0.15) is 39.5 Å². The average Bonchev–Trinajstić information content (AvgIpc) is 3.29. The van der Waals surface area contributed by atoms with E-state index in [1.54, 1.807) is 11.3 Å². The van der Waals surface area contributed by atoms with E-state index in [-0.39, 0.29) is 5.78 Å². The Balaban J connectivity index is 1.81. The van der Waals surface area contributed by atoms with Crippen LogP contribution in [-0.2, 0) is 6.54 Å². The fourth-order valence-electron chi connectivity index (χ4n) is 2.98. The first kappa shape index (κ1) is 18.9. The lowest BCUT2D eigenvalue weighted by Crippen LogP contribution is -2.09. The number of Topliss-reactive ketones (excluding diaryl/α,β-unsaturated/α-hetero) is 1. The molecule has 2 aromatic heterocycles. The molecule has 0 aliphatic rings. The molecule has 0 amide bonds. The topological polar surface area (TPSA) is 47.8 Å². The third-order valence-electron chi connectivity index (χ3n) is 4.89. The van der Waals surface area contributed by atoms with Gasteiger partial charge >= 0.3 is 0 Å². The lowest BCUT2D eigenvalue weighted by atomic mass is 9.93. The molecule has 3 aromatic rings. The Morgan fingerprint density at radius 1 is 1.15 bits per heavy atom. The molecular weight excluding hydrogens is 362 g/mol. The first-order chi connectivity index (χ1) is 12.4. The quantitative estimate of drug-likeness (QED) is 0.430. The van der Waals surface area contributed by atoms with Crippen molar-refractivity contribution >= 4 is 28.9 Å². The van der Waals surface area contributed by atoms with E-state index in [0.717, 1.165) is 39.1 Å². The standard InChI is InChI=1S/C20H23N3OS2/c1-6-23-19(18-8-7-9-25-18)21-22-20(23)26-11-17(24)16-10-12(2)13(3)14(4)15(16)5/h7-10H,6,11H2,1-5H3. The smallest absolute Gasteiger partial charge is 0.191 e. The summed E-state index contributed by atoms with van der Waals surface area (Å²) in [4.78, 5) is 13.9. The molecule has 0 unspecified atom stereocenters. The molecule has 2 heterocycles. The summed E-state index contributed by atoms with van der Waals surface area (Å²) in [6.45, 7) is 11.1. The van der Waals surface area contributed by atoms with Gasteiger partial charge in [-0.25, -0.2) is 0 Å². The number of hydrogen-bond donors (Lipinski definition) is 0. The van der Waals surface area contributed by atoms with Crippen molar-refractivity contribution in [3.8, 4) is 10.7 Å². The lowest BCUT2D eigenvalue weighted by Gasteiger charge is -2.13. The summed E-state index contributed by atoms with van der Waals surface area (Å²) >= 11 is 3.11. The predicted molar refractivity (Wildman–Crippen MR) is 109 cm³/mol. The van der Waals surface area contributed by atoms with Crippen LogP contribution in [0.4, 0.5) is 0 Å². The van der Waals surface area contributed by atoms with Gasteiger partial charge in [0.25, 0.3) is 0 Å². The molecule has 0 spiro atoms. The molecule has 0 radical (unpaired) electrons. The number of aryl methyl sites for hydroxylation is 1. The van der Waals surface area contributed by atoms with Crippen LogP contribution >= 0.6 is 23.1 Å². The van der Waals surface area contributed by atoms with Gasteiger partial charge in [-0.3, -0.25) is 4.79 Å². The van der Waals surface area contributed by atoms with E-state index in [0.29, 0.717) is 5.75 Å². The monoisotopic (exact) mass is 385 g/mol. The number of nitrogens with zero attached hydrogens (tertiary/aromatic N) is 3. The van der Waals surface area contributed by atoms with Crippen LogP contribution in [0.2, 0.25) is 0 Å². The highest BCUT2D eigenvalue weighted by Crippen LogP contribution is 2.28. The second-order valence-corrected chi connectivity index (χ2v) is 8.25. The second kappa shape index (κ2) is 7.76. The molecule has 0 atom stereocenters. The summed E-state index contributed by atoms with van der Waals surface area (Å²) < 4.78 is 2.07. The summed E-state index contributed by atoms with van der Waals surface area (Å²) in [5.74, 6) is 1.38. The first-order valence-corrected chi connectivity index (χ1v) is 10.5. The Kier molecular flexibility index (Phi) is 5.63. The van der Waals surface area contributed by atoms with E-state index in [4.69, 9.17) is 0 Å². The maximum absolute atomic E-state index is 12.8. The van der Waals surface area contributed by atoms with Crippen molar-refractivity contribution in [3.05, 3.63) is 51.4 Å². The molecular formula is C20H23N3OS2. The summed E-state index contributed by atoms with van der Waals surface area (Å²) in [7, 11) is 0. The molecule has 0 N–H and O–H groups in total. The van der Waals surface area contributed by atoms with E-state index in [9.17, 15) is 4.79 Å². The molecule has 0 aliphatic heterocycles. The van der Waals surface area contributed by atoms with Crippen LogP contribution in [0.3, 0.4) is 0 Å². The van der Waals surface area contributed by atoms with Crippen molar-refractivity contribution in [1.82, 2.24) is 14.8 Å². The van der Waals surface area contributed by atoms with Crippen molar-refractivity contribution in [2.24, 2.45) is 0 Å². The summed E-state index contributed by atoms with van der Waals surface area (Å²) in [5.41, 5.74) is 5.53. The lowest BCUT2D eigenvalue weighted by molar-refractivity contribution is 0.102. The fourth-order valence-corrected chi connectivity index (χ4v) is 4.58. The van der Waals surface area contributed by atoms with E-state index >= 15 is 0 Å². The summed E-state index contributed by atoms with van der Waals surface area (Å²) in [6, 6.07) is 6.07. The van der Waals surface area contributed by atoms with Gasteiger partial charge in [-0.2, -0.15) is 0 Å². The SMILES string of the molecule is CCn1c(SCC(=O)c2cc(C)c(C)c(C)c2C)nnc1-c1cccs1.